The van der Waals surface area contributed by atoms with E-state index in [9.17, 15) is 8.42 Å². The molecule has 0 aliphatic carbocycles. The topological polar surface area (TPSA) is 46.5 Å². The van der Waals surface area contributed by atoms with Crippen molar-refractivity contribution in [1.29, 1.82) is 0 Å². The summed E-state index contributed by atoms with van der Waals surface area (Å²) in [5, 5.41) is 0. The molecule has 1 aromatic carbocycles. The first-order chi connectivity index (χ1) is 5.97. The SMILES string of the molecule is Cc1cccc(/C=N/S(C)(=O)=O)c1. The van der Waals surface area contributed by atoms with Gasteiger partial charge in [-0.2, -0.15) is 4.40 Å². The van der Waals surface area contributed by atoms with Gasteiger partial charge in [-0.15, -0.1) is 0 Å². The monoisotopic (exact) mass is 197 g/mol. The lowest BCUT2D eigenvalue weighted by Gasteiger charge is -1.93. The fourth-order valence-electron chi connectivity index (χ4n) is 0.907. The largest absolute Gasteiger partial charge is 0.250 e. The maximum Gasteiger partial charge on any atom is 0.250 e. The van der Waals surface area contributed by atoms with Crippen molar-refractivity contribution in [3.8, 4) is 0 Å². The smallest absolute Gasteiger partial charge is 0.205 e. The van der Waals surface area contributed by atoms with Gasteiger partial charge in [0.25, 0.3) is 0 Å². The Morgan fingerprint density at radius 2 is 2.08 bits per heavy atom. The lowest BCUT2D eigenvalue weighted by atomic mass is 10.2. The molecule has 1 aromatic rings. The zero-order chi connectivity index (χ0) is 9.90. The molecule has 0 N–H and O–H groups in total. The molecule has 0 atom stereocenters. The predicted molar refractivity (Wildman–Crippen MR) is 53.6 cm³/mol. The summed E-state index contributed by atoms with van der Waals surface area (Å²) in [7, 11) is -3.27. The molecule has 0 amide bonds. The summed E-state index contributed by atoms with van der Waals surface area (Å²) in [4.78, 5) is 0. The molecule has 0 saturated carbocycles. The number of aryl methyl sites for hydroxylation is 1. The van der Waals surface area contributed by atoms with Crippen molar-refractivity contribution >= 4 is 16.2 Å². The third-order valence-electron chi connectivity index (χ3n) is 1.44. The summed E-state index contributed by atoms with van der Waals surface area (Å²) in [5.74, 6) is 0. The minimum absolute atomic E-state index is 0.797. The van der Waals surface area contributed by atoms with Gasteiger partial charge in [0.2, 0.25) is 10.0 Å². The average molecular weight is 197 g/mol. The molecule has 0 aliphatic rings. The zero-order valence-corrected chi connectivity index (χ0v) is 8.38. The number of benzene rings is 1. The van der Waals surface area contributed by atoms with Crippen LogP contribution in [0.5, 0.6) is 0 Å². The molecule has 0 unspecified atom stereocenters. The molecule has 0 bridgehead atoms. The minimum atomic E-state index is -3.27. The molecule has 0 fully saturated rings. The number of hydrogen-bond acceptors (Lipinski definition) is 2. The van der Waals surface area contributed by atoms with Gasteiger partial charge in [-0.1, -0.05) is 29.8 Å². The molecule has 0 radical (unpaired) electrons. The van der Waals surface area contributed by atoms with Crippen molar-refractivity contribution < 1.29 is 8.42 Å². The molecule has 0 aromatic heterocycles. The van der Waals surface area contributed by atoms with Crippen LogP contribution in [0.3, 0.4) is 0 Å². The van der Waals surface area contributed by atoms with Gasteiger partial charge in [0.05, 0.1) is 6.26 Å². The Kier molecular flexibility index (Phi) is 2.83. The van der Waals surface area contributed by atoms with E-state index in [1.165, 1.54) is 6.21 Å². The quantitative estimate of drug-likeness (QED) is 0.672. The molecule has 1 rings (SSSR count). The highest BCUT2D eigenvalue weighted by Crippen LogP contribution is 2.01. The van der Waals surface area contributed by atoms with Crippen LogP contribution in [0, 0.1) is 6.92 Å². The Bertz CT molecular complexity index is 421. The van der Waals surface area contributed by atoms with E-state index in [1.54, 1.807) is 0 Å². The van der Waals surface area contributed by atoms with Crippen LogP contribution >= 0.6 is 0 Å². The molecule has 0 heterocycles. The Morgan fingerprint density at radius 1 is 1.38 bits per heavy atom. The molecule has 13 heavy (non-hydrogen) atoms. The summed E-state index contributed by atoms with van der Waals surface area (Å²) < 4.78 is 24.8. The van der Waals surface area contributed by atoms with Crippen LogP contribution < -0.4 is 0 Å². The highest BCUT2D eigenvalue weighted by Gasteiger charge is 1.94. The van der Waals surface area contributed by atoms with E-state index < -0.39 is 10.0 Å². The first-order valence-electron chi connectivity index (χ1n) is 3.79. The normalized spacial score (nSPS) is 12.2. The third kappa shape index (κ3) is 3.85. The van der Waals surface area contributed by atoms with Crippen LogP contribution in [0.1, 0.15) is 11.1 Å². The number of nitrogens with zero attached hydrogens (tertiary/aromatic N) is 1. The van der Waals surface area contributed by atoms with Crippen molar-refractivity contribution in [3.05, 3.63) is 35.4 Å². The molecule has 3 nitrogen and oxygen atoms in total. The van der Waals surface area contributed by atoms with Crippen LogP contribution in [-0.2, 0) is 10.0 Å². The average Bonchev–Trinajstić information content (AvgIpc) is 2.00. The van der Waals surface area contributed by atoms with E-state index in [0.717, 1.165) is 17.4 Å². The van der Waals surface area contributed by atoms with Crippen LogP contribution in [0.15, 0.2) is 28.7 Å². The van der Waals surface area contributed by atoms with Crippen molar-refractivity contribution in [2.45, 2.75) is 6.92 Å². The fraction of sp³-hybridized carbons (Fsp3) is 0.222. The second-order valence-corrected chi connectivity index (χ2v) is 4.56. The third-order valence-corrected chi connectivity index (χ3v) is 1.92. The van der Waals surface area contributed by atoms with E-state index in [0.29, 0.717) is 0 Å². The Labute approximate surface area is 78.2 Å². The highest BCUT2D eigenvalue weighted by molar-refractivity contribution is 7.89. The van der Waals surface area contributed by atoms with Gasteiger partial charge >= 0.3 is 0 Å². The van der Waals surface area contributed by atoms with Crippen molar-refractivity contribution in [1.82, 2.24) is 0 Å². The Morgan fingerprint density at radius 3 is 2.62 bits per heavy atom. The Hall–Kier alpha value is -1.16. The van der Waals surface area contributed by atoms with Gasteiger partial charge in [0.1, 0.15) is 0 Å². The van der Waals surface area contributed by atoms with Crippen LogP contribution in [-0.4, -0.2) is 20.9 Å². The Balaban J connectivity index is 2.93. The van der Waals surface area contributed by atoms with Gasteiger partial charge in [-0.25, -0.2) is 8.42 Å². The van der Waals surface area contributed by atoms with Crippen LogP contribution in [0.25, 0.3) is 0 Å². The molecular formula is C9H11NO2S. The summed E-state index contributed by atoms with van der Waals surface area (Å²) in [5.41, 5.74) is 1.88. The molecule has 0 spiro atoms. The molecule has 70 valence electrons. The highest BCUT2D eigenvalue weighted by atomic mass is 32.2. The van der Waals surface area contributed by atoms with E-state index in [1.807, 2.05) is 31.2 Å². The lowest BCUT2D eigenvalue weighted by molar-refractivity contribution is 0.604. The summed E-state index contributed by atoms with van der Waals surface area (Å²) in [6, 6.07) is 7.48. The first kappa shape index (κ1) is 9.92. The van der Waals surface area contributed by atoms with Crippen molar-refractivity contribution in [2.75, 3.05) is 6.26 Å². The van der Waals surface area contributed by atoms with Crippen LogP contribution in [0.4, 0.5) is 0 Å². The standard InChI is InChI=1S/C9H11NO2S/c1-8-4-3-5-9(6-8)7-10-13(2,11)12/h3-7H,1-2H3/b10-7+. The van der Waals surface area contributed by atoms with Crippen molar-refractivity contribution in [3.63, 3.8) is 0 Å². The zero-order valence-electron chi connectivity index (χ0n) is 7.56. The van der Waals surface area contributed by atoms with Gasteiger partial charge in [-0.05, 0) is 12.5 Å². The fourth-order valence-corrected chi connectivity index (χ4v) is 1.22. The molecule has 0 aliphatic heterocycles. The van der Waals surface area contributed by atoms with Gasteiger partial charge in [-0.3, -0.25) is 0 Å². The maximum atomic E-state index is 10.7. The predicted octanol–water partition coefficient (Wildman–Crippen LogP) is 1.37. The summed E-state index contributed by atoms with van der Waals surface area (Å²) >= 11 is 0. The minimum Gasteiger partial charge on any atom is -0.205 e. The van der Waals surface area contributed by atoms with E-state index in [-0.39, 0.29) is 0 Å². The van der Waals surface area contributed by atoms with Crippen molar-refractivity contribution in [2.24, 2.45) is 4.40 Å². The first-order valence-corrected chi connectivity index (χ1v) is 5.64. The molecule has 0 saturated heterocycles. The lowest BCUT2D eigenvalue weighted by Crippen LogP contribution is -1.91. The van der Waals surface area contributed by atoms with Crippen LogP contribution in [0.2, 0.25) is 0 Å². The van der Waals surface area contributed by atoms with E-state index >= 15 is 0 Å². The number of sulfonamides is 1. The summed E-state index contributed by atoms with van der Waals surface area (Å²) in [6.45, 7) is 1.94. The van der Waals surface area contributed by atoms with E-state index in [4.69, 9.17) is 0 Å². The second-order valence-electron chi connectivity index (χ2n) is 2.88. The molecular weight excluding hydrogens is 186 g/mol. The van der Waals surface area contributed by atoms with Gasteiger partial charge in [0, 0.05) is 6.21 Å². The number of rotatable bonds is 2. The van der Waals surface area contributed by atoms with E-state index in [2.05, 4.69) is 4.40 Å². The second kappa shape index (κ2) is 3.70. The maximum absolute atomic E-state index is 10.7. The number of hydrogen-bond donors (Lipinski definition) is 0. The summed E-state index contributed by atoms with van der Waals surface area (Å²) in [6.07, 6.45) is 2.42. The van der Waals surface area contributed by atoms with Gasteiger partial charge in [0.15, 0.2) is 0 Å². The van der Waals surface area contributed by atoms with Gasteiger partial charge < -0.3 is 0 Å². The molecule has 4 heteroatoms.